The van der Waals surface area contributed by atoms with Gasteiger partial charge in [-0.1, -0.05) is 23.8 Å². The third-order valence-electron chi connectivity index (χ3n) is 4.50. The Bertz CT molecular complexity index is 1060. The SMILES string of the molecule is COc1ccc(S(=O)(=O)[C@H](CNC(=O)COc2ccc(C)cc2)c2cccs2)cc1. The van der Waals surface area contributed by atoms with E-state index in [1.54, 1.807) is 36.4 Å². The zero-order valence-electron chi connectivity index (χ0n) is 16.7. The molecule has 6 nitrogen and oxygen atoms in total. The lowest BCUT2D eigenvalue weighted by atomic mass is 10.2. The number of carbonyl (C=O) groups is 1. The fourth-order valence-corrected chi connectivity index (χ4v) is 5.59. The summed E-state index contributed by atoms with van der Waals surface area (Å²) in [6.07, 6.45) is 0. The van der Waals surface area contributed by atoms with Gasteiger partial charge in [0.1, 0.15) is 16.7 Å². The van der Waals surface area contributed by atoms with Crippen molar-refractivity contribution in [2.75, 3.05) is 20.3 Å². The first kappa shape index (κ1) is 21.9. The van der Waals surface area contributed by atoms with Crippen LogP contribution in [0.5, 0.6) is 11.5 Å². The van der Waals surface area contributed by atoms with Gasteiger partial charge in [-0.2, -0.15) is 0 Å². The van der Waals surface area contributed by atoms with Gasteiger partial charge >= 0.3 is 0 Å². The normalized spacial score (nSPS) is 12.2. The molecule has 2 aromatic carbocycles. The fraction of sp³-hybridized carbons (Fsp3) is 0.227. The molecular formula is C22H23NO5S2. The van der Waals surface area contributed by atoms with Gasteiger partial charge in [0.25, 0.3) is 5.91 Å². The number of aryl methyl sites for hydroxylation is 1. The van der Waals surface area contributed by atoms with E-state index in [0.717, 1.165) is 5.56 Å². The Labute approximate surface area is 180 Å². The highest BCUT2D eigenvalue weighted by atomic mass is 32.2. The lowest BCUT2D eigenvalue weighted by Gasteiger charge is -2.18. The van der Waals surface area contributed by atoms with Crippen molar-refractivity contribution in [3.05, 3.63) is 76.5 Å². The number of benzene rings is 2. The molecule has 0 aliphatic heterocycles. The van der Waals surface area contributed by atoms with Crippen LogP contribution < -0.4 is 14.8 Å². The molecule has 1 heterocycles. The lowest BCUT2D eigenvalue weighted by Crippen LogP contribution is -2.34. The predicted molar refractivity (Wildman–Crippen MR) is 117 cm³/mol. The minimum atomic E-state index is -3.72. The van der Waals surface area contributed by atoms with Gasteiger partial charge in [-0.15, -0.1) is 11.3 Å². The average Bonchev–Trinajstić information content (AvgIpc) is 3.27. The molecule has 0 radical (unpaired) electrons. The van der Waals surface area contributed by atoms with Crippen LogP contribution in [0.25, 0.3) is 0 Å². The summed E-state index contributed by atoms with van der Waals surface area (Å²) in [5.41, 5.74) is 1.09. The van der Waals surface area contributed by atoms with Crippen LogP contribution in [0.15, 0.2) is 70.9 Å². The van der Waals surface area contributed by atoms with Crippen molar-refractivity contribution in [1.29, 1.82) is 0 Å². The summed E-state index contributed by atoms with van der Waals surface area (Å²) in [5.74, 6) is 0.765. The molecule has 0 aliphatic carbocycles. The fourth-order valence-electron chi connectivity index (χ4n) is 2.81. The first-order valence-electron chi connectivity index (χ1n) is 9.27. The Balaban J connectivity index is 1.69. The highest BCUT2D eigenvalue weighted by molar-refractivity contribution is 7.91. The summed E-state index contributed by atoms with van der Waals surface area (Å²) in [5, 5.41) is 3.61. The number of nitrogens with one attached hydrogen (secondary N) is 1. The highest BCUT2D eigenvalue weighted by Crippen LogP contribution is 2.32. The minimum absolute atomic E-state index is 0.0506. The van der Waals surface area contributed by atoms with E-state index < -0.39 is 15.1 Å². The quantitative estimate of drug-likeness (QED) is 0.542. The van der Waals surface area contributed by atoms with Gasteiger partial charge in [0, 0.05) is 11.4 Å². The number of carbonyl (C=O) groups excluding carboxylic acids is 1. The maximum absolute atomic E-state index is 13.2. The van der Waals surface area contributed by atoms with Gasteiger partial charge < -0.3 is 14.8 Å². The van der Waals surface area contributed by atoms with E-state index in [2.05, 4.69) is 5.32 Å². The molecule has 1 aromatic heterocycles. The molecule has 8 heteroatoms. The van der Waals surface area contributed by atoms with E-state index in [-0.39, 0.29) is 24.0 Å². The van der Waals surface area contributed by atoms with E-state index in [4.69, 9.17) is 9.47 Å². The maximum Gasteiger partial charge on any atom is 0.257 e. The standard InChI is InChI=1S/C22H23NO5S2/c1-16-5-7-18(8-6-16)28-15-22(24)23-14-21(20-4-3-13-29-20)30(25,26)19-11-9-17(27-2)10-12-19/h3-13,21H,14-15H2,1-2H3,(H,23,24)/t21-/m1/s1. The Morgan fingerprint density at radius 3 is 2.30 bits per heavy atom. The Hall–Kier alpha value is -2.84. The van der Waals surface area contributed by atoms with E-state index in [1.165, 1.54) is 30.6 Å². The van der Waals surface area contributed by atoms with Gasteiger partial charge in [-0.3, -0.25) is 4.79 Å². The summed E-state index contributed by atoms with van der Waals surface area (Å²) >= 11 is 1.34. The summed E-state index contributed by atoms with van der Waals surface area (Å²) in [6.45, 7) is 1.72. The van der Waals surface area contributed by atoms with E-state index >= 15 is 0 Å². The topological polar surface area (TPSA) is 81.7 Å². The highest BCUT2D eigenvalue weighted by Gasteiger charge is 2.30. The van der Waals surface area contributed by atoms with Crippen LogP contribution in [0.1, 0.15) is 15.7 Å². The average molecular weight is 446 g/mol. The van der Waals surface area contributed by atoms with Crippen molar-refractivity contribution < 1.29 is 22.7 Å². The molecule has 3 aromatic rings. The second-order valence-electron chi connectivity index (χ2n) is 6.63. The number of hydrogen-bond donors (Lipinski definition) is 1. The number of thiophene rings is 1. The minimum Gasteiger partial charge on any atom is -0.497 e. The zero-order valence-corrected chi connectivity index (χ0v) is 18.3. The molecule has 0 saturated heterocycles. The summed E-state index contributed by atoms with van der Waals surface area (Å²) < 4.78 is 37.0. The molecule has 30 heavy (non-hydrogen) atoms. The molecule has 0 spiro atoms. The van der Waals surface area contributed by atoms with Gasteiger partial charge in [0.2, 0.25) is 0 Å². The first-order valence-corrected chi connectivity index (χ1v) is 11.7. The Kier molecular flexibility index (Phi) is 7.12. The van der Waals surface area contributed by atoms with Gasteiger partial charge in [0.15, 0.2) is 16.4 Å². The number of methoxy groups -OCH3 is 1. The van der Waals surface area contributed by atoms with Crippen LogP contribution in [0.2, 0.25) is 0 Å². The van der Waals surface area contributed by atoms with Crippen molar-refractivity contribution in [2.45, 2.75) is 17.1 Å². The molecule has 1 atom stereocenters. The first-order chi connectivity index (χ1) is 14.4. The van der Waals surface area contributed by atoms with Crippen LogP contribution in [0.4, 0.5) is 0 Å². The van der Waals surface area contributed by atoms with Crippen LogP contribution in [-0.4, -0.2) is 34.6 Å². The second kappa shape index (κ2) is 9.77. The van der Waals surface area contributed by atoms with Crippen molar-refractivity contribution >= 4 is 27.1 Å². The van der Waals surface area contributed by atoms with Crippen molar-refractivity contribution in [3.8, 4) is 11.5 Å². The lowest BCUT2D eigenvalue weighted by molar-refractivity contribution is -0.123. The van der Waals surface area contributed by atoms with Crippen LogP contribution >= 0.6 is 11.3 Å². The maximum atomic E-state index is 13.2. The number of sulfone groups is 1. The van der Waals surface area contributed by atoms with Crippen LogP contribution in [0.3, 0.4) is 0 Å². The summed E-state index contributed by atoms with van der Waals surface area (Å²) in [6, 6.07) is 17.1. The monoisotopic (exact) mass is 445 g/mol. The molecule has 1 N–H and O–H groups in total. The summed E-state index contributed by atoms with van der Waals surface area (Å²) in [7, 11) is -2.20. The molecule has 158 valence electrons. The third kappa shape index (κ3) is 5.40. The van der Waals surface area contributed by atoms with Crippen LogP contribution in [-0.2, 0) is 14.6 Å². The molecule has 0 unspecified atom stereocenters. The second-order valence-corrected chi connectivity index (χ2v) is 9.74. The number of hydrogen-bond acceptors (Lipinski definition) is 6. The van der Waals surface area contributed by atoms with E-state index in [9.17, 15) is 13.2 Å². The third-order valence-corrected chi connectivity index (χ3v) is 7.73. The number of ether oxygens (including phenoxy) is 2. The van der Waals surface area contributed by atoms with Crippen molar-refractivity contribution in [1.82, 2.24) is 5.32 Å². The van der Waals surface area contributed by atoms with Gasteiger partial charge in [-0.05, 0) is 54.8 Å². The number of amides is 1. The summed E-state index contributed by atoms with van der Waals surface area (Å²) in [4.78, 5) is 13.1. The van der Waals surface area contributed by atoms with Crippen LogP contribution in [0, 0.1) is 6.92 Å². The van der Waals surface area contributed by atoms with Crippen molar-refractivity contribution in [2.24, 2.45) is 0 Å². The largest absolute Gasteiger partial charge is 0.497 e. The molecule has 0 fully saturated rings. The molecule has 0 saturated carbocycles. The zero-order chi connectivity index (χ0) is 21.6. The predicted octanol–water partition coefficient (Wildman–Crippen LogP) is 3.78. The molecular weight excluding hydrogens is 422 g/mol. The Morgan fingerprint density at radius 1 is 1.03 bits per heavy atom. The number of rotatable bonds is 9. The van der Waals surface area contributed by atoms with E-state index in [0.29, 0.717) is 16.4 Å². The van der Waals surface area contributed by atoms with Gasteiger partial charge in [-0.25, -0.2) is 8.42 Å². The smallest absolute Gasteiger partial charge is 0.257 e. The molecule has 0 bridgehead atoms. The molecule has 3 rings (SSSR count). The van der Waals surface area contributed by atoms with Crippen molar-refractivity contribution in [3.63, 3.8) is 0 Å². The van der Waals surface area contributed by atoms with Gasteiger partial charge in [0.05, 0.1) is 12.0 Å². The molecule has 1 amide bonds. The Morgan fingerprint density at radius 2 is 1.70 bits per heavy atom. The molecule has 0 aliphatic rings. The van der Waals surface area contributed by atoms with E-state index in [1.807, 2.05) is 24.4 Å².